The van der Waals surface area contributed by atoms with E-state index in [0.29, 0.717) is 5.92 Å². The maximum absolute atomic E-state index is 12.5. The van der Waals surface area contributed by atoms with Crippen LogP contribution in [0.5, 0.6) is 0 Å². The molecule has 0 unspecified atom stereocenters. The van der Waals surface area contributed by atoms with Crippen LogP contribution in [0.4, 0.5) is 5.69 Å². The average Bonchev–Trinajstić information content (AvgIpc) is 2.89. The summed E-state index contributed by atoms with van der Waals surface area (Å²) in [7, 11) is 0. The summed E-state index contributed by atoms with van der Waals surface area (Å²) in [5.41, 5.74) is 6.49. The zero-order valence-corrected chi connectivity index (χ0v) is 12.0. The van der Waals surface area contributed by atoms with Crippen LogP contribution in [-0.2, 0) is 0 Å². The van der Waals surface area contributed by atoms with Crippen molar-refractivity contribution in [1.82, 2.24) is 4.90 Å². The van der Waals surface area contributed by atoms with Gasteiger partial charge in [-0.2, -0.15) is 0 Å². The Morgan fingerprint density at radius 2 is 2.10 bits per heavy atom. The predicted octanol–water partition coefficient (Wildman–Crippen LogP) is 2.33. The Hall–Kier alpha value is -1.59. The first-order chi connectivity index (χ1) is 9.67. The van der Waals surface area contributed by atoms with Gasteiger partial charge in [-0.3, -0.25) is 4.79 Å². The molecule has 0 spiro atoms. The molecule has 1 fully saturated rings. The molecule has 106 valence electrons. The van der Waals surface area contributed by atoms with E-state index in [-0.39, 0.29) is 12.5 Å². The fourth-order valence-electron chi connectivity index (χ4n) is 2.64. The number of piperidine rings is 1. The molecule has 0 aliphatic carbocycles. The third-order valence-electron chi connectivity index (χ3n) is 3.91. The molecule has 4 nitrogen and oxygen atoms in total. The second-order valence-electron chi connectivity index (χ2n) is 5.33. The van der Waals surface area contributed by atoms with Crippen molar-refractivity contribution in [2.45, 2.75) is 12.8 Å². The molecule has 1 aromatic carbocycles. The molecule has 1 aliphatic rings. The Kier molecular flexibility index (Phi) is 3.63. The van der Waals surface area contributed by atoms with E-state index >= 15 is 0 Å². The van der Waals surface area contributed by atoms with Crippen LogP contribution < -0.4 is 5.73 Å². The lowest BCUT2D eigenvalue weighted by Crippen LogP contribution is -2.38. The van der Waals surface area contributed by atoms with E-state index in [4.69, 9.17) is 10.8 Å². The number of aliphatic hydroxyl groups is 1. The Balaban J connectivity index is 1.79. The number of thiophene rings is 1. The van der Waals surface area contributed by atoms with E-state index in [0.717, 1.165) is 46.6 Å². The minimum atomic E-state index is 0.0983. The lowest BCUT2D eigenvalue weighted by molar-refractivity contribution is 0.0655. The number of nitrogens with two attached hydrogens (primary N) is 1. The molecule has 1 amide bonds. The number of hydrogen-bond donors (Lipinski definition) is 2. The first kappa shape index (κ1) is 13.4. The first-order valence-corrected chi connectivity index (χ1v) is 7.68. The maximum atomic E-state index is 12.5. The molecule has 1 aromatic heterocycles. The van der Waals surface area contributed by atoms with E-state index in [1.54, 1.807) is 0 Å². The summed E-state index contributed by atoms with van der Waals surface area (Å²) in [6.07, 6.45) is 1.78. The predicted molar refractivity (Wildman–Crippen MR) is 82.0 cm³/mol. The van der Waals surface area contributed by atoms with Crippen LogP contribution in [0, 0.1) is 5.92 Å². The van der Waals surface area contributed by atoms with Crippen molar-refractivity contribution in [2.75, 3.05) is 25.4 Å². The SMILES string of the molecule is Nc1ccc2sc(C(=O)N3CCC(CO)CC3)cc2c1. The number of nitrogen functional groups attached to an aromatic ring is 1. The van der Waals surface area contributed by atoms with Crippen molar-refractivity contribution >= 4 is 33.0 Å². The van der Waals surface area contributed by atoms with Crippen LogP contribution in [0.3, 0.4) is 0 Å². The van der Waals surface area contributed by atoms with Crippen LogP contribution >= 0.6 is 11.3 Å². The number of amides is 1. The highest BCUT2D eigenvalue weighted by molar-refractivity contribution is 7.20. The van der Waals surface area contributed by atoms with Gasteiger partial charge in [0.05, 0.1) is 4.88 Å². The van der Waals surface area contributed by atoms with Gasteiger partial charge in [0.15, 0.2) is 0 Å². The Labute approximate surface area is 121 Å². The second-order valence-corrected chi connectivity index (χ2v) is 6.41. The quantitative estimate of drug-likeness (QED) is 0.834. The van der Waals surface area contributed by atoms with Crippen molar-refractivity contribution in [3.63, 3.8) is 0 Å². The van der Waals surface area contributed by atoms with Gasteiger partial charge < -0.3 is 15.7 Å². The normalized spacial score (nSPS) is 16.8. The molecule has 5 heteroatoms. The van der Waals surface area contributed by atoms with Gasteiger partial charge in [-0.15, -0.1) is 11.3 Å². The summed E-state index contributed by atoms with van der Waals surface area (Å²) in [5.74, 6) is 0.447. The molecule has 0 bridgehead atoms. The van der Waals surface area contributed by atoms with Crippen molar-refractivity contribution in [3.8, 4) is 0 Å². The number of nitrogens with zero attached hydrogens (tertiary/aromatic N) is 1. The van der Waals surface area contributed by atoms with Crippen molar-refractivity contribution < 1.29 is 9.90 Å². The molecular formula is C15H18N2O2S. The highest BCUT2D eigenvalue weighted by Crippen LogP contribution is 2.29. The topological polar surface area (TPSA) is 66.6 Å². The maximum Gasteiger partial charge on any atom is 0.263 e. The third-order valence-corrected chi connectivity index (χ3v) is 5.02. The lowest BCUT2D eigenvalue weighted by atomic mass is 9.98. The van der Waals surface area contributed by atoms with Crippen LogP contribution in [0.25, 0.3) is 10.1 Å². The fraction of sp³-hybridized carbons (Fsp3) is 0.400. The zero-order chi connectivity index (χ0) is 14.1. The summed E-state index contributed by atoms with van der Waals surface area (Å²) in [6, 6.07) is 7.65. The van der Waals surface area contributed by atoms with E-state index in [1.807, 2.05) is 29.2 Å². The number of aliphatic hydroxyl groups excluding tert-OH is 1. The van der Waals surface area contributed by atoms with Crippen LogP contribution in [0.2, 0.25) is 0 Å². The third kappa shape index (κ3) is 2.51. The second kappa shape index (κ2) is 5.42. The molecule has 0 atom stereocenters. The number of fused-ring (bicyclic) bond motifs is 1. The number of carbonyl (C=O) groups is 1. The van der Waals surface area contributed by atoms with E-state index in [9.17, 15) is 4.79 Å². The number of anilines is 1. The molecule has 2 heterocycles. The summed E-state index contributed by atoms with van der Waals surface area (Å²) in [5, 5.41) is 10.2. The van der Waals surface area contributed by atoms with E-state index in [1.165, 1.54) is 11.3 Å². The van der Waals surface area contributed by atoms with Crippen molar-refractivity contribution in [2.24, 2.45) is 5.92 Å². The zero-order valence-electron chi connectivity index (χ0n) is 11.2. The molecule has 0 saturated carbocycles. The molecule has 3 rings (SSSR count). The highest BCUT2D eigenvalue weighted by Gasteiger charge is 2.24. The number of rotatable bonds is 2. The molecule has 3 N–H and O–H groups in total. The Bertz CT molecular complexity index is 630. The molecular weight excluding hydrogens is 272 g/mol. The van der Waals surface area contributed by atoms with Gasteiger partial charge in [-0.1, -0.05) is 0 Å². The number of carbonyl (C=O) groups excluding carboxylic acids is 1. The van der Waals surface area contributed by atoms with Crippen LogP contribution in [-0.4, -0.2) is 35.6 Å². The lowest BCUT2D eigenvalue weighted by Gasteiger charge is -2.30. The van der Waals surface area contributed by atoms with Gasteiger partial charge in [0.1, 0.15) is 0 Å². The molecule has 1 aliphatic heterocycles. The van der Waals surface area contributed by atoms with E-state index < -0.39 is 0 Å². The summed E-state index contributed by atoms with van der Waals surface area (Å²) in [4.78, 5) is 15.2. The molecule has 0 radical (unpaired) electrons. The fourth-order valence-corrected chi connectivity index (χ4v) is 3.65. The standard InChI is InChI=1S/C15H18N2O2S/c16-12-1-2-13-11(7-12)8-14(20-13)15(19)17-5-3-10(9-18)4-6-17/h1-2,7-8,10,18H,3-6,9,16H2. The van der Waals surface area contributed by atoms with Gasteiger partial charge >= 0.3 is 0 Å². The van der Waals surface area contributed by atoms with Gasteiger partial charge in [0.25, 0.3) is 5.91 Å². The van der Waals surface area contributed by atoms with Crippen molar-refractivity contribution in [3.05, 3.63) is 29.1 Å². The number of benzene rings is 1. The number of likely N-dealkylation sites (tertiary alicyclic amines) is 1. The van der Waals surface area contributed by atoms with E-state index in [2.05, 4.69) is 0 Å². The largest absolute Gasteiger partial charge is 0.399 e. The molecule has 2 aromatic rings. The minimum Gasteiger partial charge on any atom is -0.399 e. The number of hydrogen-bond acceptors (Lipinski definition) is 4. The average molecular weight is 290 g/mol. The summed E-state index contributed by atoms with van der Waals surface area (Å²) < 4.78 is 1.09. The van der Waals surface area contributed by atoms with Gasteiger partial charge in [-0.25, -0.2) is 0 Å². The first-order valence-electron chi connectivity index (χ1n) is 6.86. The summed E-state index contributed by atoms with van der Waals surface area (Å²) >= 11 is 1.52. The van der Waals surface area contributed by atoms with Gasteiger partial charge in [-0.05, 0) is 48.4 Å². The monoisotopic (exact) mass is 290 g/mol. The van der Waals surface area contributed by atoms with Gasteiger partial charge in [0.2, 0.25) is 0 Å². The van der Waals surface area contributed by atoms with Crippen LogP contribution in [0.1, 0.15) is 22.5 Å². The Morgan fingerprint density at radius 1 is 1.35 bits per heavy atom. The van der Waals surface area contributed by atoms with Crippen molar-refractivity contribution in [1.29, 1.82) is 0 Å². The van der Waals surface area contributed by atoms with Gasteiger partial charge in [0, 0.05) is 30.1 Å². The smallest absolute Gasteiger partial charge is 0.263 e. The Morgan fingerprint density at radius 3 is 2.80 bits per heavy atom. The summed E-state index contributed by atoms with van der Waals surface area (Å²) in [6.45, 7) is 1.70. The highest BCUT2D eigenvalue weighted by atomic mass is 32.1. The van der Waals surface area contributed by atoms with Crippen LogP contribution in [0.15, 0.2) is 24.3 Å². The molecule has 20 heavy (non-hydrogen) atoms. The molecule has 1 saturated heterocycles. The minimum absolute atomic E-state index is 0.0983.